The molecule has 4 N–H and O–H groups in total. The molecule has 0 saturated carbocycles. The van der Waals surface area contributed by atoms with Crippen LogP contribution in [0.4, 0.5) is 0 Å². The lowest BCUT2D eigenvalue weighted by atomic mass is 10.3. The van der Waals surface area contributed by atoms with Crippen molar-refractivity contribution in [3.8, 4) is 0 Å². The summed E-state index contributed by atoms with van der Waals surface area (Å²) < 4.78 is 1.86. The van der Waals surface area contributed by atoms with Crippen molar-refractivity contribution in [1.29, 1.82) is 0 Å². The summed E-state index contributed by atoms with van der Waals surface area (Å²) in [4.78, 5) is 14.7. The standard InChI is InChI=1S/C7H12N4OS/c1-11-3-2-10-7(11)13-4-5(8)6(9)12/h2-3,5H,4,8H2,1H3,(H2,9,12). The molecule has 0 fully saturated rings. The van der Waals surface area contributed by atoms with E-state index in [4.69, 9.17) is 11.5 Å². The highest BCUT2D eigenvalue weighted by atomic mass is 32.2. The first-order valence-electron chi connectivity index (χ1n) is 3.76. The highest BCUT2D eigenvalue weighted by Crippen LogP contribution is 2.14. The van der Waals surface area contributed by atoms with E-state index in [2.05, 4.69) is 4.98 Å². The van der Waals surface area contributed by atoms with E-state index in [0.717, 1.165) is 5.16 Å². The fourth-order valence-corrected chi connectivity index (χ4v) is 1.63. The molecule has 0 aliphatic carbocycles. The number of carbonyl (C=O) groups excluding carboxylic acids is 1. The van der Waals surface area contributed by atoms with Crippen LogP contribution in [0.15, 0.2) is 17.6 Å². The number of hydrogen-bond donors (Lipinski definition) is 2. The van der Waals surface area contributed by atoms with E-state index in [9.17, 15) is 4.79 Å². The molecule has 0 spiro atoms. The maximum absolute atomic E-state index is 10.6. The molecule has 0 saturated heterocycles. The molecule has 0 radical (unpaired) electrons. The third kappa shape index (κ3) is 2.74. The van der Waals surface area contributed by atoms with Crippen molar-refractivity contribution in [2.45, 2.75) is 11.2 Å². The topological polar surface area (TPSA) is 86.9 Å². The van der Waals surface area contributed by atoms with Gasteiger partial charge in [-0.05, 0) is 0 Å². The minimum atomic E-state index is -0.610. The zero-order chi connectivity index (χ0) is 9.84. The minimum absolute atomic E-state index is 0.459. The van der Waals surface area contributed by atoms with Gasteiger partial charge in [0.1, 0.15) is 0 Å². The Morgan fingerprint density at radius 2 is 2.54 bits per heavy atom. The Morgan fingerprint density at radius 3 is 3.00 bits per heavy atom. The van der Waals surface area contributed by atoms with Crippen molar-refractivity contribution in [1.82, 2.24) is 9.55 Å². The third-order valence-corrected chi connectivity index (χ3v) is 2.71. The molecular weight excluding hydrogens is 188 g/mol. The average molecular weight is 200 g/mol. The maximum Gasteiger partial charge on any atom is 0.235 e. The molecule has 0 aliphatic heterocycles. The number of amides is 1. The van der Waals surface area contributed by atoms with Crippen LogP contribution >= 0.6 is 11.8 Å². The predicted molar refractivity (Wildman–Crippen MR) is 51.1 cm³/mol. The SMILES string of the molecule is Cn1ccnc1SCC(N)C(N)=O. The minimum Gasteiger partial charge on any atom is -0.368 e. The number of carbonyl (C=O) groups is 1. The van der Waals surface area contributed by atoms with Gasteiger partial charge in [0.25, 0.3) is 0 Å². The average Bonchev–Trinajstić information content (AvgIpc) is 2.47. The number of aromatic nitrogens is 2. The highest BCUT2D eigenvalue weighted by Gasteiger charge is 2.10. The van der Waals surface area contributed by atoms with Gasteiger partial charge in [-0.15, -0.1) is 0 Å². The molecule has 1 heterocycles. The van der Waals surface area contributed by atoms with Crippen LogP contribution in [0, 0.1) is 0 Å². The fraction of sp³-hybridized carbons (Fsp3) is 0.429. The van der Waals surface area contributed by atoms with Gasteiger partial charge in [0.15, 0.2) is 5.16 Å². The molecule has 1 aromatic rings. The summed E-state index contributed by atoms with van der Waals surface area (Å²) in [7, 11) is 1.88. The Balaban J connectivity index is 2.44. The van der Waals surface area contributed by atoms with Gasteiger partial charge < -0.3 is 16.0 Å². The predicted octanol–water partition coefficient (Wildman–Crippen LogP) is -0.675. The molecule has 0 aliphatic rings. The molecule has 1 rings (SSSR count). The van der Waals surface area contributed by atoms with Crippen LogP contribution in [0.2, 0.25) is 0 Å². The van der Waals surface area contributed by atoms with Gasteiger partial charge in [-0.2, -0.15) is 0 Å². The highest BCUT2D eigenvalue weighted by molar-refractivity contribution is 7.99. The lowest BCUT2D eigenvalue weighted by Gasteiger charge is -2.05. The number of thioether (sulfide) groups is 1. The van der Waals surface area contributed by atoms with Gasteiger partial charge in [0.2, 0.25) is 5.91 Å². The monoisotopic (exact) mass is 200 g/mol. The first-order chi connectivity index (χ1) is 6.11. The van der Waals surface area contributed by atoms with Gasteiger partial charge in [-0.3, -0.25) is 4.79 Å². The van der Waals surface area contributed by atoms with Crippen molar-refractivity contribution in [2.24, 2.45) is 18.5 Å². The lowest BCUT2D eigenvalue weighted by molar-refractivity contribution is -0.118. The molecular formula is C7H12N4OS. The molecule has 1 aromatic heterocycles. The summed E-state index contributed by atoms with van der Waals surface area (Å²) in [5.41, 5.74) is 10.5. The summed E-state index contributed by atoms with van der Waals surface area (Å²) in [6.45, 7) is 0. The summed E-state index contributed by atoms with van der Waals surface area (Å²) in [5.74, 6) is -0.0260. The number of primary amides is 1. The number of nitrogens with two attached hydrogens (primary N) is 2. The largest absolute Gasteiger partial charge is 0.368 e. The van der Waals surface area contributed by atoms with Crippen LogP contribution < -0.4 is 11.5 Å². The number of nitrogens with zero attached hydrogens (tertiary/aromatic N) is 2. The van der Waals surface area contributed by atoms with E-state index in [0.29, 0.717) is 5.75 Å². The third-order valence-electron chi connectivity index (χ3n) is 1.53. The first-order valence-corrected chi connectivity index (χ1v) is 4.75. The molecule has 6 heteroatoms. The molecule has 13 heavy (non-hydrogen) atoms. The number of rotatable bonds is 4. The first kappa shape index (κ1) is 10.1. The van der Waals surface area contributed by atoms with Crippen LogP contribution in [0.5, 0.6) is 0 Å². The van der Waals surface area contributed by atoms with E-state index in [-0.39, 0.29) is 0 Å². The second kappa shape index (κ2) is 4.29. The van der Waals surface area contributed by atoms with E-state index in [1.807, 2.05) is 17.8 Å². The van der Waals surface area contributed by atoms with Crippen molar-refractivity contribution in [3.05, 3.63) is 12.4 Å². The van der Waals surface area contributed by atoms with Crippen LogP contribution in [-0.2, 0) is 11.8 Å². The van der Waals surface area contributed by atoms with Crippen molar-refractivity contribution in [3.63, 3.8) is 0 Å². The maximum atomic E-state index is 10.6. The van der Waals surface area contributed by atoms with Crippen molar-refractivity contribution < 1.29 is 4.79 Å². The van der Waals surface area contributed by atoms with Crippen molar-refractivity contribution >= 4 is 17.7 Å². The van der Waals surface area contributed by atoms with Gasteiger partial charge in [-0.25, -0.2) is 4.98 Å². The van der Waals surface area contributed by atoms with Gasteiger partial charge >= 0.3 is 0 Å². The molecule has 0 aromatic carbocycles. The number of imidazole rings is 1. The van der Waals surface area contributed by atoms with Crippen molar-refractivity contribution in [2.75, 3.05) is 5.75 Å². The smallest absolute Gasteiger partial charge is 0.235 e. The summed E-state index contributed by atoms with van der Waals surface area (Å²) >= 11 is 1.42. The van der Waals surface area contributed by atoms with E-state index in [1.54, 1.807) is 6.20 Å². The van der Waals surface area contributed by atoms with Gasteiger partial charge in [-0.1, -0.05) is 11.8 Å². The van der Waals surface area contributed by atoms with Crippen LogP contribution in [-0.4, -0.2) is 27.3 Å². The van der Waals surface area contributed by atoms with Crippen LogP contribution in [0.3, 0.4) is 0 Å². The molecule has 1 amide bonds. The molecule has 0 bridgehead atoms. The Morgan fingerprint density at radius 1 is 1.85 bits per heavy atom. The lowest BCUT2D eigenvalue weighted by Crippen LogP contribution is -2.38. The summed E-state index contributed by atoms with van der Waals surface area (Å²) in [6, 6.07) is -0.610. The van der Waals surface area contributed by atoms with E-state index >= 15 is 0 Å². The van der Waals surface area contributed by atoms with Gasteiger partial charge in [0.05, 0.1) is 6.04 Å². The summed E-state index contributed by atoms with van der Waals surface area (Å²) in [5, 5.41) is 0.830. The zero-order valence-corrected chi connectivity index (χ0v) is 8.12. The Hall–Kier alpha value is -1.01. The number of aryl methyl sites for hydroxylation is 1. The number of hydrogen-bond acceptors (Lipinski definition) is 4. The van der Waals surface area contributed by atoms with Crippen LogP contribution in [0.1, 0.15) is 0 Å². The normalized spacial score (nSPS) is 12.8. The molecule has 1 unspecified atom stereocenters. The Kier molecular flexibility index (Phi) is 3.32. The van der Waals surface area contributed by atoms with Crippen LogP contribution in [0.25, 0.3) is 0 Å². The Labute approximate surface area is 80.5 Å². The Bertz CT molecular complexity index is 298. The molecule has 5 nitrogen and oxygen atoms in total. The summed E-state index contributed by atoms with van der Waals surface area (Å²) in [6.07, 6.45) is 3.52. The van der Waals surface area contributed by atoms with E-state index in [1.165, 1.54) is 11.8 Å². The van der Waals surface area contributed by atoms with Gasteiger partial charge in [0, 0.05) is 25.2 Å². The fourth-order valence-electron chi connectivity index (χ4n) is 0.737. The zero-order valence-electron chi connectivity index (χ0n) is 7.30. The molecule has 1 atom stereocenters. The quantitative estimate of drug-likeness (QED) is 0.631. The second-order valence-electron chi connectivity index (χ2n) is 2.64. The molecule has 72 valence electrons. The second-order valence-corrected chi connectivity index (χ2v) is 3.63. The van der Waals surface area contributed by atoms with E-state index < -0.39 is 11.9 Å².